The number of hydrogen-bond acceptors (Lipinski definition) is 1. The van der Waals surface area contributed by atoms with Gasteiger partial charge >= 0.3 is 0 Å². The molecular weight excluding hydrogens is 320 g/mol. The summed E-state index contributed by atoms with van der Waals surface area (Å²) in [6.07, 6.45) is 6.59. The maximum Gasteiger partial charge on any atom is 0.256 e. The van der Waals surface area contributed by atoms with Crippen molar-refractivity contribution >= 4 is 22.9 Å². The average molecular weight is 342 g/mol. The third kappa shape index (κ3) is 2.16. The van der Waals surface area contributed by atoms with Crippen LogP contribution >= 0.6 is 0 Å². The molecule has 1 amide bonds. The van der Waals surface area contributed by atoms with E-state index in [-0.39, 0.29) is 11.3 Å². The molecule has 1 spiro atoms. The highest BCUT2D eigenvalue weighted by atomic mass is 16.2. The minimum atomic E-state index is 0.114. The number of piperidine rings is 1. The number of aromatic amines is 1. The van der Waals surface area contributed by atoms with Gasteiger partial charge in [0.2, 0.25) is 0 Å². The number of rotatable bonds is 1. The van der Waals surface area contributed by atoms with E-state index < -0.39 is 0 Å². The molecule has 5 rings (SSSR count). The van der Waals surface area contributed by atoms with E-state index in [0.29, 0.717) is 0 Å². The van der Waals surface area contributed by atoms with E-state index in [4.69, 9.17) is 0 Å². The van der Waals surface area contributed by atoms with E-state index in [1.165, 1.54) is 11.1 Å². The maximum atomic E-state index is 13.2. The van der Waals surface area contributed by atoms with Crippen molar-refractivity contribution < 1.29 is 4.79 Å². The van der Waals surface area contributed by atoms with Gasteiger partial charge < -0.3 is 9.88 Å². The molecule has 0 unspecified atom stereocenters. The average Bonchev–Trinajstić information content (AvgIpc) is 3.20. The van der Waals surface area contributed by atoms with Gasteiger partial charge in [0.05, 0.1) is 5.56 Å². The summed E-state index contributed by atoms with van der Waals surface area (Å²) in [5.74, 6) is 0.157. The molecule has 3 nitrogen and oxygen atoms in total. The van der Waals surface area contributed by atoms with Crippen molar-refractivity contribution in [3.05, 3.63) is 77.0 Å². The summed E-state index contributed by atoms with van der Waals surface area (Å²) in [7, 11) is 0. The van der Waals surface area contributed by atoms with Crippen molar-refractivity contribution in [1.82, 2.24) is 9.88 Å². The van der Waals surface area contributed by atoms with E-state index in [2.05, 4.69) is 41.4 Å². The number of likely N-dealkylation sites (tertiary alicyclic amines) is 1. The molecule has 1 fully saturated rings. The van der Waals surface area contributed by atoms with Gasteiger partial charge in [-0.2, -0.15) is 0 Å². The molecule has 26 heavy (non-hydrogen) atoms. The Morgan fingerprint density at radius 3 is 2.62 bits per heavy atom. The van der Waals surface area contributed by atoms with Gasteiger partial charge in [0.25, 0.3) is 5.91 Å². The van der Waals surface area contributed by atoms with E-state index >= 15 is 0 Å². The van der Waals surface area contributed by atoms with Crippen molar-refractivity contribution in [3.8, 4) is 0 Å². The van der Waals surface area contributed by atoms with E-state index in [0.717, 1.165) is 48.1 Å². The van der Waals surface area contributed by atoms with Gasteiger partial charge in [-0.25, -0.2) is 0 Å². The van der Waals surface area contributed by atoms with Crippen molar-refractivity contribution in [1.29, 1.82) is 0 Å². The molecule has 1 aliphatic carbocycles. The highest BCUT2D eigenvalue weighted by Crippen LogP contribution is 2.43. The second-order valence-corrected chi connectivity index (χ2v) is 7.54. The van der Waals surface area contributed by atoms with Crippen LogP contribution in [0.15, 0.2) is 54.6 Å². The molecule has 1 N–H and O–H groups in total. The zero-order valence-corrected chi connectivity index (χ0v) is 15.0. The molecule has 3 aromatic rings. The Morgan fingerprint density at radius 1 is 1.04 bits per heavy atom. The topological polar surface area (TPSA) is 36.1 Å². The van der Waals surface area contributed by atoms with Crippen molar-refractivity contribution in [2.45, 2.75) is 25.2 Å². The normalized spacial score (nSPS) is 17.8. The van der Waals surface area contributed by atoms with E-state index in [9.17, 15) is 4.79 Å². The number of carbonyl (C=O) groups is 1. The van der Waals surface area contributed by atoms with Gasteiger partial charge in [-0.3, -0.25) is 4.79 Å². The van der Waals surface area contributed by atoms with Crippen molar-refractivity contribution in [2.24, 2.45) is 0 Å². The smallest absolute Gasteiger partial charge is 0.256 e. The van der Waals surface area contributed by atoms with Crippen molar-refractivity contribution in [2.75, 3.05) is 13.1 Å². The molecule has 3 heteroatoms. The van der Waals surface area contributed by atoms with Gasteiger partial charge in [0, 0.05) is 35.1 Å². The lowest BCUT2D eigenvalue weighted by Crippen LogP contribution is -2.44. The number of fused-ring (bicyclic) bond motifs is 3. The fourth-order valence-electron chi connectivity index (χ4n) is 4.69. The van der Waals surface area contributed by atoms with Crippen LogP contribution in [-0.4, -0.2) is 28.9 Å². The van der Waals surface area contributed by atoms with Crippen LogP contribution in [0.5, 0.6) is 0 Å². The molecule has 0 saturated carbocycles. The predicted molar refractivity (Wildman–Crippen MR) is 105 cm³/mol. The molecule has 130 valence electrons. The van der Waals surface area contributed by atoms with Crippen LogP contribution in [-0.2, 0) is 5.41 Å². The number of benzene rings is 2. The Hall–Kier alpha value is -2.81. The Labute approximate surface area is 153 Å². The van der Waals surface area contributed by atoms with Gasteiger partial charge in [0.15, 0.2) is 0 Å². The lowest BCUT2D eigenvalue weighted by atomic mass is 9.74. The molecule has 2 heterocycles. The fraction of sp³-hybridized carbons (Fsp3) is 0.261. The SMILES string of the molecule is Cc1[nH]c2ccccc2c1C(=O)N1CCC2(C=Cc3ccccc32)CC1. The van der Waals surface area contributed by atoms with Crippen LogP contribution in [0, 0.1) is 6.92 Å². The molecule has 1 saturated heterocycles. The summed E-state index contributed by atoms with van der Waals surface area (Å²) in [6.45, 7) is 3.60. The van der Waals surface area contributed by atoms with Crippen LogP contribution in [0.3, 0.4) is 0 Å². The van der Waals surface area contributed by atoms with Crippen LogP contribution in [0.2, 0.25) is 0 Å². The van der Waals surface area contributed by atoms with Crippen LogP contribution in [0.25, 0.3) is 17.0 Å². The lowest BCUT2D eigenvalue weighted by Gasteiger charge is -2.39. The summed E-state index contributed by atoms with van der Waals surface area (Å²) in [4.78, 5) is 18.6. The van der Waals surface area contributed by atoms with Crippen LogP contribution < -0.4 is 0 Å². The number of allylic oxidation sites excluding steroid dienone is 1. The van der Waals surface area contributed by atoms with Crippen molar-refractivity contribution in [3.63, 3.8) is 0 Å². The van der Waals surface area contributed by atoms with Gasteiger partial charge in [-0.1, -0.05) is 54.6 Å². The second kappa shape index (κ2) is 5.60. The summed E-state index contributed by atoms with van der Waals surface area (Å²) in [5.41, 5.74) is 5.70. The Bertz CT molecular complexity index is 1040. The number of carbonyl (C=O) groups excluding carboxylic acids is 1. The predicted octanol–water partition coefficient (Wildman–Crippen LogP) is 4.68. The zero-order valence-electron chi connectivity index (χ0n) is 15.0. The standard InChI is InChI=1S/C23H22N2O/c1-16-21(18-7-3-5-9-20(18)24-16)22(26)25-14-12-23(13-15-25)11-10-17-6-2-4-8-19(17)23/h2-11,24H,12-15H2,1H3. The third-order valence-electron chi connectivity index (χ3n) is 6.13. The Morgan fingerprint density at radius 2 is 1.77 bits per heavy atom. The Kier molecular flexibility index (Phi) is 3.33. The van der Waals surface area contributed by atoms with Gasteiger partial charge in [-0.05, 0) is 37.0 Å². The number of nitrogens with zero attached hydrogens (tertiary/aromatic N) is 1. The minimum absolute atomic E-state index is 0.114. The molecule has 1 aliphatic heterocycles. The maximum absolute atomic E-state index is 13.2. The van der Waals surface area contributed by atoms with Crippen LogP contribution in [0.1, 0.15) is 40.0 Å². The summed E-state index contributed by atoms with van der Waals surface area (Å²) in [6, 6.07) is 16.7. The molecular formula is C23H22N2O. The van der Waals surface area contributed by atoms with Gasteiger partial charge in [-0.15, -0.1) is 0 Å². The monoisotopic (exact) mass is 342 g/mol. The number of H-pyrrole nitrogens is 1. The summed E-state index contributed by atoms with van der Waals surface area (Å²) < 4.78 is 0. The third-order valence-corrected chi connectivity index (χ3v) is 6.13. The number of hydrogen-bond donors (Lipinski definition) is 1. The number of amides is 1. The number of para-hydroxylation sites is 1. The highest BCUT2D eigenvalue weighted by Gasteiger charge is 2.39. The zero-order chi connectivity index (χ0) is 17.7. The van der Waals surface area contributed by atoms with E-state index in [1.54, 1.807) is 0 Å². The Balaban J connectivity index is 1.42. The van der Waals surface area contributed by atoms with Crippen LogP contribution in [0.4, 0.5) is 0 Å². The first-order chi connectivity index (χ1) is 12.7. The molecule has 1 aromatic heterocycles. The van der Waals surface area contributed by atoms with Gasteiger partial charge in [0.1, 0.15) is 0 Å². The summed E-state index contributed by atoms with van der Waals surface area (Å²) in [5, 5.41) is 1.03. The largest absolute Gasteiger partial charge is 0.358 e. The molecule has 0 radical (unpaired) electrons. The first-order valence-corrected chi connectivity index (χ1v) is 9.33. The molecule has 2 aromatic carbocycles. The highest BCUT2D eigenvalue weighted by molar-refractivity contribution is 6.08. The number of aromatic nitrogens is 1. The number of nitrogens with one attached hydrogen (secondary N) is 1. The molecule has 0 bridgehead atoms. The first-order valence-electron chi connectivity index (χ1n) is 9.33. The fourth-order valence-corrected chi connectivity index (χ4v) is 4.69. The van der Waals surface area contributed by atoms with E-state index in [1.807, 2.05) is 36.1 Å². The second-order valence-electron chi connectivity index (χ2n) is 7.54. The summed E-state index contributed by atoms with van der Waals surface area (Å²) >= 11 is 0. The quantitative estimate of drug-likeness (QED) is 0.685. The number of aryl methyl sites for hydroxylation is 1. The molecule has 0 atom stereocenters. The lowest BCUT2D eigenvalue weighted by molar-refractivity contribution is 0.0691. The molecule has 2 aliphatic rings. The first kappa shape index (κ1) is 15.4. The minimum Gasteiger partial charge on any atom is -0.358 e.